The Morgan fingerprint density at radius 1 is 1.25 bits per heavy atom. The van der Waals surface area contributed by atoms with Crippen molar-refractivity contribution in [1.82, 2.24) is 9.88 Å². The van der Waals surface area contributed by atoms with E-state index in [1.54, 1.807) is 24.6 Å². The van der Waals surface area contributed by atoms with Crippen LogP contribution in [-0.4, -0.2) is 55.7 Å². The molecular formula is C17H21N3O3S. The smallest absolute Gasteiger partial charge is 0.260 e. The molecule has 1 fully saturated rings. The van der Waals surface area contributed by atoms with E-state index >= 15 is 0 Å². The van der Waals surface area contributed by atoms with Gasteiger partial charge in [-0.1, -0.05) is 6.07 Å². The van der Waals surface area contributed by atoms with Crippen LogP contribution in [-0.2, 0) is 4.79 Å². The first-order valence-corrected chi connectivity index (χ1v) is 8.75. The highest BCUT2D eigenvalue weighted by molar-refractivity contribution is 7.13. The average Bonchev–Trinajstić information content (AvgIpc) is 3.15. The lowest BCUT2D eigenvalue weighted by Gasteiger charge is -2.34. The Balaban J connectivity index is 1.51. The first-order chi connectivity index (χ1) is 11.7. The molecule has 0 spiro atoms. The van der Waals surface area contributed by atoms with Gasteiger partial charge >= 0.3 is 0 Å². The fraction of sp³-hybridized carbons (Fsp3) is 0.412. The van der Waals surface area contributed by atoms with Gasteiger partial charge in [0, 0.05) is 37.8 Å². The third-order valence-electron chi connectivity index (χ3n) is 3.99. The Hall–Kier alpha value is -2.28. The van der Waals surface area contributed by atoms with Gasteiger partial charge < -0.3 is 19.3 Å². The van der Waals surface area contributed by atoms with E-state index in [0.717, 1.165) is 23.8 Å². The molecule has 1 saturated heterocycles. The quantitative estimate of drug-likeness (QED) is 0.830. The molecule has 1 aromatic carbocycles. The number of anilines is 1. The number of ether oxygens (including phenoxy) is 2. The minimum Gasteiger partial charge on any atom is -0.493 e. The number of methoxy groups -OCH3 is 1. The summed E-state index contributed by atoms with van der Waals surface area (Å²) in [6, 6.07) is 5.67. The number of nitrogens with zero attached hydrogens (tertiary/aromatic N) is 3. The van der Waals surface area contributed by atoms with Gasteiger partial charge in [-0.25, -0.2) is 4.98 Å². The zero-order valence-corrected chi connectivity index (χ0v) is 14.7. The first kappa shape index (κ1) is 16.6. The van der Waals surface area contributed by atoms with Crippen LogP contribution in [0.2, 0.25) is 0 Å². The molecule has 0 radical (unpaired) electrons. The monoisotopic (exact) mass is 347 g/mol. The number of aromatic nitrogens is 1. The second-order valence-corrected chi connectivity index (χ2v) is 6.50. The third-order valence-corrected chi connectivity index (χ3v) is 4.82. The predicted molar refractivity (Wildman–Crippen MR) is 94.1 cm³/mol. The number of hydrogen-bond acceptors (Lipinski definition) is 6. The molecule has 1 aromatic heterocycles. The van der Waals surface area contributed by atoms with Gasteiger partial charge in [-0.2, -0.15) is 0 Å². The van der Waals surface area contributed by atoms with Gasteiger partial charge in [0.25, 0.3) is 5.91 Å². The maximum Gasteiger partial charge on any atom is 0.260 e. The van der Waals surface area contributed by atoms with Crippen molar-refractivity contribution in [3.8, 4) is 11.5 Å². The molecule has 24 heavy (non-hydrogen) atoms. The molecule has 6 nitrogen and oxygen atoms in total. The first-order valence-electron chi connectivity index (χ1n) is 7.87. The van der Waals surface area contributed by atoms with E-state index < -0.39 is 0 Å². The van der Waals surface area contributed by atoms with Crippen LogP contribution in [0, 0.1) is 6.92 Å². The van der Waals surface area contributed by atoms with E-state index in [0.29, 0.717) is 24.6 Å². The standard InChI is InChI=1S/C17H21N3O3S/c1-13-3-4-14(15(11-13)22-2)23-12-16(21)19-6-8-20(9-7-19)17-18-5-10-24-17/h3-5,10-11H,6-9,12H2,1-2H3. The number of amides is 1. The third kappa shape index (κ3) is 3.79. The van der Waals surface area contributed by atoms with Crippen molar-refractivity contribution in [3.63, 3.8) is 0 Å². The summed E-state index contributed by atoms with van der Waals surface area (Å²) in [6.45, 7) is 4.98. The Labute approximate surface area is 145 Å². The minimum atomic E-state index is -0.00332. The lowest BCUT2D eigenvalue weighted by Crippen LogP contribution is -2.50. The molecule has 0 saturated carbocycles. The van der Waals surface area contributed by atoms with Crippen molar-refractivity contribution < 1.29 is 14.3 Å². The van der Waals surface area contributed by atoms with Crippen LogP contribution in [0.5, 0.6) is 11.5 Å². The minimum absolute atomic E-state index is 0.00332. The largest absolute Gasteiger partial charge is 0.493 e. The number of aryl methyl sites for hydroxylation is 1. The van der Waals surface area contributed by atoms with Crippen LogP contribution >= 0.6 is 11.3 Å². The molecule has 1 amide bonds. The molecule has 3 rings (SSSR count). The fourth-order valence-corrected chi connectivity index (χ4v) is 3.34. The van der Waals surface area contributed by atoms with Crippen LogP contribution < -0.4 is 14.4 Å². The average molecular weight is 347 g/mol. The van der Waals surface area contributed by atoms with Crippen molar-refractivity contribution >= 4 is 22.4 Å². The fourth-order valence-electron chi connectivity index (χ4n) is 2.64. The highest BCUT2D eigenvalue weighted by Gasteiger charge is 2.22. The Bertz CT molecular complexity index is 682. The van der Waals surface area contributed by atoms with Crippen LogP contribution in [0.25, 0.3) is 0 Å². The van der Waals surface area contributed by atoms with Crippen molar-refractivity contribution in [1.29, 1.82) is 0 Å². The number of piperazine rings is 1. The number of carbonyl (C=O) groups is 1. The summed E-state index contributed by atoms with van der Waals surface area (Å²) >= 11 is 1.62. The van der Waals surface area contributed by atoms with Gasteiger partial charge in [0.2, 0.25) is 0 Å². The summed E-state index contributed by atoms with van der Waals surface area (Å²) in [4.78, 5) is 20.7. The topological polar surface area (TPSA) is 54.9 Å². The van der Waals surface area contributed by atoms with Gasteiger partial charge in [-0.15, -0.1) is 11.3 Å². The van der Waals surface area contributed by atoms with E-state index in [9.17, 15) is 4.79 Å². The molecule has 0 aliphatic carbocycles. The zero-order valence-electron chi connectivity index (χ0n) is 13.9. The molecule has 2 aromatic rings. The van der Waals surface area contributed by atoms with Crippen molar-refractivity contribution in [3.05, 3.63) is 35.3 Å². The highest BCUT2D eigenvalue weighted by Crippen LogP contribution is 2.27. The molecule has 0 atom stereocenters. The maximum absolute atomic E-state index is 12.4. The zero-order chi connectivity index (χ0) is 16.9. The van der Waals surface area contributed by atoms with E-state index in [1.165, 1.54) is 0 Å². The summed E-state index contributed by atoms with van der Waals surface area (Å²) < 4.78 is 11.0. The van der Waals surface area contributed by atoms with Crippen molar-refractivity contribution in [2.45, 2.75) is 6.92 Å². The number of benzene rings is 1. The summed E-state index contributed by atoms with van der Waals surface area (Å²) in [5.41, 5.74) is 1.09. The van der Waals surface area contributed by atoms with E-state index in [-0.39, 0.29) is 12.5 Å². The number of thiazole rings is 1. The summed E-state index contributed by atoms with van der Waals surface area (Å²) in [7, 11) is 1.60. The van der Waals surface area contributed by atoms with E-state index in [2.05, 4.69) is 9.88 Å². The Morgan fingerprint density at radius 2 is 2.04 bits per heavy atom. The van der Waals surface area contributed by atoms with E-state index in [4.69, 9.17) is 9.47 Å². The molecule has 2 heterocycles. The number of carbonyl (C=O) groups excluding carboxylic acids is 1. The summed E-state index contributed by atoms with van der Waals surface area (Å²) in [5.74, 6) is 1.24. The number of hydrogen-bond donors (Lipinski definition) is 0. The SMILES string of the molecule is COc1cc(C)ccc1OCC(=O)N1CCN(c2nccs2)CC1. The van der Waals surface area contributed by atoms with Crippen LogP contribution in [0.15, 0.2) is 29.8 Å². The van der Waals surface area contributed by atoms with E-state index in [1.807, 2.05) is 35.4 Å². The molecule has 0 bridgehead atoms. The van der Waals surface area contributed by atoms with Crippen molar-refractivity contribution in [2.24, 2.45) is 0 Å². The molecule has 0 N–H and O–H groups in total. The highest BCUT2D eigenvalue weighted by atomic mass is 32.1. The molecule has 7 heteroatoms. The van der Waals surface area contributed by atoms with Gasteiger partial charge in [0.15, 0.2) is 23.2 Å². The molecule has 1 aliphatic heterocycles. The van der Waals surface area contributed by atoms with Gasteiger partial charge in [0.1, 0.15) is 0 Å². The lowest BCUT2D eigenvalue weighted by atomic mass is 10.2. The van der Waals surface area contributed by atoms with Crippen molar-refractivity contribution in [2.75, 3.05) is 44.8 Å². The Kier molecular flexibility index (Phi) is 5.20. The van der Waals surface area contributed by atoms with Gasteiger partial charge in [-0.3, -0.25) is 4.79 Å². The molecule has 128 valence electrons. The van der Waals surface area contributed by atoms with Crippen LogP contribution in [0.3, 0.4) is 0 Å². The summed E-state index contributed by atoms with van der Waals surface area (Å²) in [6.07, 6.45) is 1.81. The second-order valence-electron chi connectivity index (χ2n) is 5.63. The van der Waals surface area contributed by atoms with Crippen LogP contribution in [0.1, 0.15) is 5.56 Å². The maximum atomic E-state index is 12.4. The molecule has 0 unspecified atom stereocenters. The second kappa shape index (κ2) is 7.53. The normalized spacial score (nSPS) is 14.6. The van der Waals surface area contributed by atoms with Gasteiger partial charge in [0.05, 0.1) is 7.11 Å². The molecular weight excluding hydrogens is 326 g/mol. The predicted octanol–water partition coefficient (Wildman–Crippen LogP) is 2.19. The summed E-state index contributed by atoms with van der Waals surface area (Å²) in [5, 5.41) is 2.98. The van der Waals surface area contributed by atoms with Crippen LogP contribution in [0.4, 0.5) is 5.13 Å². The molecule has 1 aliphatic rings. The lowest BCUT2D eigenvalue weighted by molar-refractivity contribution is -0.133. The Morgan fingerprint density at radius 3 is 2.71 bits per heavy atom. The number of rotatable bonds is 5. The van der Waals surface area contributed by atoms with Gasteiger partial charge in [-0.05, 0) is 24.6 Å².